The summed E-state index contributed by atoms with van der Waals surface area (Å²) >= 11 is 0. The Morgan fingerprint density at radius 2 is 2.00 bits per heavy atom. The zero-order chi connectivity index (χ0) is 24.6. The van der Waals surface area contributed by atoms with E-state index in [4.69, 9.17) is 4.74 Å². The molecule has 1 amide bonds. The highest BCUT2D eigenvalue weighted by molar-refractivity contribution is 7.89. The molecular formula is C21H27FN4O6S. The molecule has 10 nitrogen and oxygen atoms in total. The molecule has 0 saturated heterocycles. The topological polar surface area (TPSA) is 131 Å². The van der Waals surface area contributed by atoms with E-state index in [1.807, 2.05) is 13.8 Å². The average Bonchev–Trinajstić information content (AvgIpc) is 2.79. The molecule has 3 rings (SSSR count). The van der Waals surface area contributed by atoms with Gasteiger partial charge in [-0.2, -0.15) is 0 Å². The third kappa shape index (κ3) is 4.37. The number of aromatic nitrogens is 2. The number of hydrogen-bond donors (Lipinski definition) is 2. The zero-order valence-electron chi connectivity index (χ0n) is 18.9. The summed E-state index contributed by atoms with van der Waals surface area (Å²) in [5.74, 6) is -2.18. The number of carbonyl (C=O) groups excluding carboxylic acids is 1. The van der Waals surface area contributed by atoms with Gasteiger partial charge in [-0.15, -0.1) is 0 Å². The minimum absolute atomic E-state index is 0.132. The second-order valence-corrected chi connectivity index (χ2v) is 9.98. The lowest BCUT2D eigenvalue weighted by atomic mass is 9.94. The molecule has 0 saturated carbocycles. The number of nitrogens with zero attached hydrogens (tertiary/aromatic N) is 3. The first kappa shape index (κ1) is 24.8. The Morgan fingerprint density at radius 1 is 1.33 bits per heavy atom. The molecule has 2 heterocycles. The van der Waals surface area contributed by atoms with Crippen LogP contribution in [0.5, 0.6) is 5.75 Å². The number of amides is 1. The molecule has 0 aliphatic carbocycles. The Bertz CT molecular complexity index is 1240. The third-order valence-corrected chi connectivity index (χ3v) is 7.73. The van der Waals surface area contributed by atoms with Gasteiger partial charge < -0.3 is 15.2 Å². The quantitative estimate of drug-likeness (QED) is 0.608. The lowest BCUT2D eigenvalue weighted by molar-refractivity contribution is -0.0890. The van der Waals surface area contributed by atoms with Gasteiger partial charge in [-0.1, -0.05) is 19.9 Å². The number of hydrogen-bond acceptors (Lipinski definition) is 7. The Kier molecular flexibility index (Phi) is 6.91. The predicted molar refractivity (Wildman–Crippen MR) is 117 cm³/mol. The van der Waals surface area contributed by atoms with E-state index in [1.165, 1.54) is 24.7 Å². The fourth-order valence-electron chi connectivity index (χ4n) is 3.80. The predicted octanol–water partition coefficient (Wildman–Crippen LogP) is 1.31. The first-order valence-electron chi connectivity index (χ1n) is 10.5. The van der Waals surface area contributed by atoms with Crippen molar-refractivity contribution in [2.24, 2.45) is 0 Å². The van der Waals surface area contributed by atoms with E-state index in [9.17, 15) is 27.5 Å². The zero-order valence-corrected chi connectivity index (χ0v) is 19.7. The smallest absolute Gasteiger partial charge is 0.296 e. The van der Waals surface area contributed by atoms with Gasteiger partial charge in [-0.25, -0.2) is 22.1 Å². The Morgan fingerprint density at radius 3 is 2.61 bits per heavy atom. The number of fused-ring (bicyclic) bond motifs is 1. The van der Waals surface area contributed by atoms with Gasteiger partial charge in [-0.3, -0.25) is 14.2 Å². The normalized spacial score (nSPS) is 15.3. The van der Waals surface area contributed by atoms with Gasteiger partial charge in [0.05, 0.1) is 18.0 Å². The van der Waals surface area contributed by atoms with Gasteiger partial charge in [0.25, 0.3) is 11.5 Å². The molecule has 0 atom stereocenters. The van der Waals surface area contributed by atoms with E-state index in [1.54, 1.807) is 0 Å². The van der Waals surface area contributed by atoms with Crippen molar-refractivity contribution in [3.05, 3.63) is 51.5 Å². The van der Waals surface area contributed by atoms with Gasteiger partial charge in [0.2, 0.25) is 15.8 Å². The maximum Gasteiger partial charge on any atom is 0.296 e. The lowest BCUT2D eigenvalue weighted by Gasteiger charge is -2.37. The summed E-state index contributed by atoms with van der Waals surface area (Å²) in [5, 5.41) is 12.8. The molecule has 0 unspecified atom stereocenters. The Hall–Kier alpha value is -2.83. The molecule has 2 N–H and O–H groups in total. The van der Waals surface area contributed by atoms with Crippen LogP contribution in [-0.4, -0.2) is 54.0 Å². The number of aromatic hydroxyl groups is 1. The van der Waals surface area contributed by atoms with Crippen LogP contribution in [0, 0.1) is 5.82 Å². The van der Waals surface area contributed by atoms with Crippen molar-refractivity contribution in [1.29, 1.82) is 0 Å². The van der Waals surface area contributed by atoms with Crippen LogP contribution in [-0.2, 0) is 33.5 Å². The average molecular weight is 483 g/mol. The van der Waals surface area contributed by atoms with Crippen LogP contribution in [0.15, 0.2) is 27.9 Å². The van der Waals surface area contributed by atoms with Crippen molar-refractivity contribution in [1.82, 2.24) is 19.2 Å². The van der Waals surface area contributed by atoms with E-state index in [-0.39, 0.29) is 36.0 Å². The monoisotopic (exact) mass is 482 g/mol. The second-order valence-electron chi connectivity index (χ2n) is 7.86. The molecule has 2 aromatic rings. The van der Waals surface area contributed by atoms with Crippen molar-refractivity contribution in [2.75, 3.05) is 20.7 Å². The molecule has 180 valence electrons. The van der Waals surface area contributed by atoms with Crippen LogP contribution in [0.3, 0.4) is 0 Å². The highest BCUT2D eigenvalue weighted by Crippen LogP contribution is 2.34. The largest absolute Gasteiger partial charge is 0.501 e. The molecule has 0 spiro atoms. The van der Waals surface area contributed by atoms with Gasteiger partial charge >= 0.3 is 0 Å². The molecule has 0 radical (unpaired) electrons. The van der Waals surface area contributed by atoms with Crippen molar-refractivity contribution < 1.29 is 27.4 Å². The van der Waals surface area contributed by atoms with Crippen LogP contribution >= 0.6 is 0 Å². The van der Waals surface area contributed by atoms with E-state index in [0.29, 0.717) is 12.8 Å². The second kappa shape index (κ2) is 9.20. The number of nitrogens with one attached hydrogen (secondary N) is 1. The SMILES string of the molecule is CCC1(CC)OCCn2c1nc(C(=O)NCc1ccc(F)cc1S(=O)(=O)N(C)C)c(O)c2=O. The summed E-state index contributed by atoms with van der Waals surface area (Å²) in [5.41, 5.74) is -1.98. The van der Waals surface area contributed by atoms with Crippen LogP contribution in [0.4, 0.5) is 4.39 Å². The summed E-state index contributed by atoms with van der Waals surface area (Å²) in [7, 11) is -1.37. The minimum Gasteiger partial charge on any atom is -0.501 e. The van der Waals surface area contributed by atoms with Crippen LogP contribution < -0.4 is 10.9 Å². The molecule has 1 aromatic heterocycles. The van der Waals surface area contributed by atoms with Crippen molar-refractivity contribution in [3.63, 3.8) is 0 Å². The molecule has 1 aliphatic heterocycles. The van der Waals surface area contributed by atoms with Crippen molar-refractivity contribution >= 4 is 15.9 Å². The molecule has 1 aromatic carbocycles. The molecule has 1 aliphatic rings. The lowest BCUT2D eigenvalue weighted by Crippen LogP contribution is -2.44. The van der Waals surface area contributed by atoms with Crippen LogP contribution in [0.1, 0.15) is 48.6 Å². The summed E-state index contributed by atoms with van der Waals surface area (Å²) < 4.78 is 47.0. The van der Waals surface area contributed by atoms with E-state index < -0.39 is 44.4 Å². The number of halogens is 1. The first-order chi connectivity index (χ1) is 15.5. The molecule has 0 fully saturated rings. The number of ether oxygens (including phenoxy) is 1. The number of sulfonamides is 1. The van der Waals surface area contributed by atoms with Gasteiger partial charge in [0, 0.05) is 20.6 Å². The fraction of sp³-hybridized carbons (Fsp3) is 0.476. The van der Waals surface area contributed by atoms with Crippen molar-refractivity contribution in [2.45, 2.75) is 50.3 Å². The van der Waals surface area contributed by atoms with E-state index in [2.05, 4.69) is 10.3 Å². The highest BCUT2D eigenvalue weighted by atomic mass is 32.2. The number of benzene rings is 1. The first-order valence-corrected chi connectivity index (χ1v) is 11.9. The Labute approximate surface area is 191 Å². The third-order valence-electron chi connectivity index (χ3n) is 5.83. The van der Waals surface area contributed by atoms with E-state index in [0.717, 1.165) is 16.4 Å². The van der Waals surface area contributed by atoms with Gasteiger partial charge in [0.15, 0.2) is 5.69 Å². The standard InChI is InChI=1S/C21H27FN4O6S/c1-5-21(6-2)20-24-16(17(27)19(29)26(20)9-10-32-21)18(28)23-12-13-7-8-14(22)11-15(13)33(30,31)25(3)4/h7-8,11,27H,5-6,9-10,12H2,1-4H3,(H,23,28). The maximum atomic E-state index is 13.7. The van der Waals surface area contributed by atoms with Gasteiger partial charge in [0.1, 0.15) is 17.2 Å². The summed E-state index contributed by atoms with van der Waals surface area (Å²) in [4.78, 5) is 29.6. The summed E-state index contributed by atoms with van der Waals surface area (Å²) in [6, 6.07) is 3.19. The van der Waals surface area contributed by atoms with Gasteiger partial charge in [-0.05, 0) is 30.5 Å². The molecule has 33 heavy (non-hydrogen) atoms. The van der Waals surface area contributed by atoms with E-state index >= 15 is 0 Å². The number of rotatable bonds is 7. The minimum atomic E-state index is -3.98. The fourth-order valence-corrected chi connectivity index (χ4v) is 4.92. The number of carbonyl (C=O) groups is 1. The molecule has 0 bridgehead atoms. The van der Waals surface area contributed by atoms with Crippen LogP contribution in [0.2, 0.25) is 0 Å². The maximum absolute atomic E-state index is 13.7. The highest BCUT2D eigenvalue weighted by Gasteiger charge is 2.39. The van der Waals surface area contributed by atoms with Crippen molar-refractivity contribution in [3.8, 4) is 5.75 Å². The summed E-state index contributed by atoms with van der Waals surface area (Å²) in [6.07, 6.45) is 1.01. The van der Waals surface area contributed by atoms with Crippen LogP contribution in [0.25, 0.3) is 0 Å². The molecular weight excluding hydrogens is 455 g/mol. The summed E-state index contributed by atoms with van der Waals surface area (Å²) in [6.45, 7) is 3.91. The Balaban J connectivity index is 1.98. The molecule has 12 heteroatoms.